The van der Waals surface area contributed by atoms with Crippen molar-refractivity contribution in [2.75, 3.05) is 20.6 Å². The van der Waals surface area contributed by atoms with Crippen LogP contribution in [0, 0.1) is 17.8 Å². The van der Waals surface area contributed by atoms with Gasteiger partial charge in [-0.15, -0.1) is 24.8 Å². The van der Waals surface area contributed by atoms with Crippen LogP contribution in [-0.2, 0) is 4.79 Å². The molecule has 4 unspecified atom stereocenters. The van der Waals surface area contributed by atoms with Crippen molar-refractivity contribution < 1.29 is 4.79 Å². The van der Waals surface area contributed by atoms with Gasteiger partial charge in [-0.1, -0.05) is 6.42 Å². The number of hydrogen-bond donors (Lipinski definition) is 1. The van der Waals surface area contributed by atoms with Crippen LogP contribution >= 0.6 is 24.8 Å². The highest BCUT2D eigenvalue weighted by molar-refractivity contribution is 5.85. The Balaban J connectivity index is 0.00000144. The van der Waals surface area contributed by atoms with Crippen LogP contribution in [0.25, 0.3) is 0 Å². The average molecular weight is 380 g/mol. The maximum Gasteiger partial charge on any atom is 0.225 e. The van der Waals surface area contributed by atoms with Gasteiger partial charge in [-0.3, -0.25) is 4.79 Å². The van der Waals surface area contributed by atoms with Gasteiger partial charge in [0.2, 0.25) is 5.91 Å². The summed E-state index contributed by atoms with van der Waals surface area (Å²) in [6.07, 6.45) is 8.06. The van der Waals surface area contributed by atoms with Crippen LogP contribution in [0.5, 0.6) is 0 Å². The molecule has 6 heteroatoms. The minimum absolute atomic E-state index is 0. The minimum Gasteiger partial charge on any atom is -0.342 e. The number of nitrogens with two attached hydrogens (primary N) is 1. The molecule has 1 heterocycles. The third-order valence-electron chi connectivity index (χ3n) is 6.84. The van der Waals surface area contributed by atoms with Crippen LogP contribution in [0.15, 0.2) is 0 Å². The summed E-state index contributed by atoms with van der Waals surface area (Å²) < 4.78 is 0. The molecule has 2 saturated carbocycles. The number of carbonyl (C=O) groups is 1. The number of carbonyl (C=O) groups excluding carboxylic acids is 1. The van der Waals surface area contributed by atoms with Crippen LogP contribution in [0.2, 0.25) is 0 Å². The average Bonchev–Trinajstić information content (AvgIpc) is 2.48. The van der Waals surface area contributed by atoms with E-state index in [0.717, 1.165) is 32.2 Å². The molecule has 1 saturated heterocycles. The van der Waals surface area contributed by atoms with Gasteiger partial charge in [0.1, 0.15) is 0 Å². The van der Waals surface area contributed by atoms with E-state index in [1.54, 1.807) is 0 Å². The molecule has 0 radical (unpaired) electrons. The normalized spacial score (nSPS) is 39.3. The number of rotatable bonds is 2. The van der Waals surface area contributed by atoms with Gasteiger partial charge >= 0.3 is 0 Å². The second-order valence-electron chi connectivity index (χ2n) is 8.15. The Labute approximate surface area is 159 Å². The van der Waals surface area contributed by atoms with Gasteiger partial charge < -0.3 is 15.5 Å². The Hall–Kier alpha value is -0.0300. The highest BCUT2D eigenvalue weighted by atomic mass is 35.5. The van der Waals surface area contributed by atoms with E-state index in [4.69, 9.17) is 5.73 Å². The molecular weight excluding hydrogens is 345 g/mol. The lowest BCUT2D eigenvalue weighted by Crippen LogP contribution is -2.52. The Bertz CT molecular complexity index is 409. The summed E-state index contributed by atoms with van der Waals surface area (Å²) in [5.74, 6) is 1.80. The summed E-state index contributed by atoms with van der Waals surface area (Å²) in [6, 6.07) is 1.36. The number of fused-ring (bicyclic) bond motifs is 2. The SMILES string of the molecule is CC1CC(N(C)C(=O)C2CC3CCCC(C2)C3N)CCN1C.Cl.Cl. The maximum atomic E-state index is 13.0. The van der Waals surface area contributed by atoms with Crippen molar-refractivity contribution in [2.24, 2.45) is 23.5 Å². The first-order chi connectivity index (χ1) is 10.5. The summed E-state index contributed by atoms with van der Waals surface area (Å²) in [6.45, 7) is 3.37. The van der Waals surface area contributed by atoms with E-state index in [-0.39, 0.29) is 30.7 Å². The topological polar surface area (TPSA) is 49.6 Å². The van der Waals surface area contributed by atoms with Gasteiger partial charge in [-0.25, -0.2) is 0 Å². The first kappa shape index (κ1) is 22.0. The molecule has 1 aliphatic heterocycles. The van der Waals surface area contributed by atoms with Crippen LogP contribution in [0.4, 0.5) is 0 Å². The van der Waals surface area contributed by atoms with Crippen LogP contribution in [0.3, 0.4) is 0 Å². The lowest BCUT2D eigenvalue weighted by molar-refractivity contribution is -0.140. The number of halogens is 2. The lowest BCUT2D eigenvalue weighted by Gasteiger charge is -2.46. The van der Waals surface area contributed by atoms with E-state index in [2.05, 4.69) is 23.8 Å². The smallest absolute Gasteiger partial charge is 0.225 e. The molecule has 24 heavy (non-hydrogen) atoms. The molecule has 3 rings (SSSR count). The zero-order valence-corrected chi connectivity index (χ0v) is 17.0. The van der Waals surface area contributed by atoms with Crippen molar-refractivity contribution in [3.63, 3.8) is 0 Å². The summed E-state index contributed by atoms with van der Waals surface area (Å²) >= 11 is 0. The van der Waals surface area contributed by atoms with Crippen molar-refractivity contribution in [1.82, 2.24) is 9.80 Å². The van der Waals surface area contributed by atoms with Crippen LogP contribution in [0.1, 0.15) is 51.9 Å². The molecule has 0 spiro atoms. The predicted octanol–water partition coefficient (Wildman–Crippen LogP) is 2.92. The highest BCUT2D eigenvalue weighted by Crippen LogP contribution is 2.42. The second-order valence-corrected chi connectivity index (χ2v) is 8.15. The highest BCUT2D eigenvalue weighted by Gasteiger charge is 2.42. The third kappa shape index (κ3) is 4.38. The Kier molecular flexibility index (Phi) is 8.32. The molecule has 3 fully saturated rings. The van der Waals surface area contributed by atoms with Gasteiger partial charge in [0.25, 0.3) is 0 Å². The zero-order valence-electron chi connectivity index (χ0n) is 15.3. The van der Waals surface area contributed by atoms with Gasteiger partial charge in [-0.05, 0) is 64.3 Å². The predicted molar refractivity (Wildman–Crippen MR) is 104 cm³/mol. The number of hydrogen-bond acceptors (Lipinski definition) is 3. The molecule has 4 nitrogen and oxygen atoms in total. The van der Waals surface area contributed by atoms with Crippen molar-refractivity contribution in [2.45, 2.75) is 70.0 Å². The number of amides is 1. The quantitative estimate of drug-likeness (QED) is 0.802. The van der Waals surface area contributed by atoms with Crippen molar-refractivity contribution >= 4 is 30.7 Å². The third-order valence-corrected chi connectivity index (χ3v) is 6.84. The molecule has 0 aromatic heterocycles. The molecule has 3 aliphatic rings. The van der Waals surface area contributed by atoms with Gasteiger partial charge in [0, 0.05) is 37.6 Å². The Morgan fingerprint density at radius 3 is 2.21 bits per heavy atom. The standard InChI is InChI=1S/C18H33N3O.2ClH/c1-12-9-16(7-8-20(12)2)21(3)18(22)15-10-13-5-4-6-14(11-15)17(13)19;;/h12-17H,4-11,19H2,1-3H3;2*1H. The van der Waals surface area contributed by atoms with Crippen molar-refractivity contribution in [3.8, 4) is 0 Å². The number of likely N-dealkylation sites (tertiary alicyclic amines) is 1. The fourth-order valence-electron chi connectivity index (χ4n) is 5.08. The van der Waals surface area contributed by atoms with Crippen molar-refractivity contribution in [3.05, 3.63) is 0 Å². The molecule has 0 aromatic carbocycles. The van der Waals surface area contributed by atoms with Gasteiger partial charge in [0.15, 0.2) is 0 Å². The van der Waals surface area contributed by atoms with Gasteiger partial charge in [0.05, 0.1) is 0 Å². The van der Waals surface area contributed by atoms with E-state index < -0.39 is 0 Å². The van der Waals surface area contributed by atoms with Crippen LogP contribution in [-0.4, -0.2) is 54.5 Å². The molecule has 0 aromatic rings. The molecule has 2 aliphatic carbocycles. The van der Waals surface area contributed by atoms with E-state index in [0.29, 0.717) is 35.9 Å². The fraction of sp³-hybridized carbons (Fsp3) is 0.944. The summed E-state index contributed by atoms with van der Waals surface area (Å²) in [5, 5.41) is 0. The summed E-state index contributed by atoms with van der Waals surface area (Å²) in [5.41, 5.74) is 6.37. The lowest BCUT2D eigenvalue weighted by atomic mass is 9.65. The van der Waals surface area contributed by atoms with E-state index in [9.17, 15) is 4.79 Å². The monoisotopic (exact) mass is 379 g/mol. The largest absolute Gasteiger partial charge is 0.342 e. The number of piperidine rings is 1. The number of nitrogens with zero attached hydrogens (tertiary/aromatic N) is 2. The Morgan fingerprint density at radius 1 is 1.08 bits per heavy atom. The summed E-state index contributed by atoms with van der Waals surface area (Å²) in [4.78, 5) is 17.5. The van der Waals surface area contributed by atoms with Gasteiger partial charge in [-0.2, -0.15) is 0 Å². The van der Waals surface area contributed by atoms with Crippen molar-refractivity contribution in [1.29, 1.82) is 0 Å². The first-order valence-corrected chi connectivity index (χ1v) is 9.20. The zero-order chi connectivity index (χ0) is 15.9. The van der Waals surface area contributed by atoms with E-state index in [1.807, 2.05) is 7.05 Å². The molecule has 2 N–H and O–H groups in total. The minimum atomic E-state index is 0. The van der Waals surface area contributed by atoms with E-state index in [1.165, 1.54) is 19.3 Å². The van der Waals surface area contributed by atoms with Crippen LogP contribution < -0.4 is 5.73 Å². The summed E-state index contributed by atoms with van der Waals surface area (Å²) in [7, 11) is 4.22. The fourth-order valence-corrected chi connectivity index (χ4v) is 5.08. The van der Waals surface area contributed by atoms with E-state index >= 15 is 0 Å². The molecular formula is C18H35Cl2N3O. The maximum absolute atomic E-state index is 13.0. The molecule has 4 atom stereocenters. The Morgan fingerprint density at radius 2 is 1.67 bits per heavy atom. The first-order valence-electron chi connectivity index (χ1n) is 9.20. The molecule has 142 valence electrons. The molecule has 2 bridgehead atoms. The molecule has 1 amide bonds. The second kappa shape index (κ2) is 9.07.